The molecular formula is C62H44N2. The SMILES string of the molecule is c1ccc(N(c2ccccc2)c2ccc(-c3cccc(-c4c5ccccc5c(-c5cccc(-c6ccc(N(c7ccccc7)c7ccccc7)cc6)c5)c5ccccc45)c3)cc2)cc1. The van der Waals surface area contributed by atoms with Gasteiger partial charge in [0.15, 0.2) is 0 Å². The van der Waals surface area contributed by atoms with Crippen molar-refractivity contribution in [3.8, 4) is 44.5 Å². The Morgan fingerprint density at radius 2 is 0.422 bits per heavy atom. The van der Waals surface area contributed by atoms with E-state index in [9.17, 15) is 0 Å². The summed E-state index contributed by atoms with van der Waals surface area (Å²) in [5.74, 6) is 0. The molecule has 11 rings (SSSR count). The zero-order chi connectivity index (χ0) is 42.7. The van der Waals surface area contributed by atoms with Crippen LogP contribution in [-0.2, 0) is 0 Å². The Kier molecular flexibility index (Phi) is 10.3. The molecule has 0 aliphatic heterocycles. The summed E-state index contributed by atoms with van der Waals surface area (Å²) >= 11 is 0. The number of hydrogen-bond acceptors (Lipinski definition) is 2. The largest absolute Gasteiger partial charge is 0.311 e. The van der Waals surface area contributed by atoms with Crippen molar-refractivity contribution in [2.24, 2.45) is 0 Å². The smallest absolute Gasteiger partial charge is 0.0462 e. The molecule has 11 aromatic rings. The van der Waals surface area contributed by atoms with Gasteiger partial charge < -0.3 is 9.80 Å². The Balaban J connectivity index is 0.962. The summed E-state index contributed by atoms with van der Waals surface area (Å²) in [5.41, 5.74) is 16.3. The van der Waals surface area contributed by atoms with Crippen molar-refractivity contribution in [3.05, 3.63) is 267 Å². The van der Waals surface area contributed by atoms with E-state index in [2.05, 4.69) is 277 Å². The Morgan fingerprint density at radius 3 is 0.719 bits per heavy atom. The highest BCUT2D eigenvalue weighted by molar-refractivity contribution is 6.21. The summed E-state index contributed by atoms with van der Waals surface area (Å²) in [5, 5.41) is 4.95. The van der Waals surface area contributed by atoms with Crippen molar-refractivity contribution >= 4 is 55.7 Å². The molecular weight excluding hydrogens is 773 g/mol. The number of para-hydroxylation sites is 4. The van der Waals surface area contributed by atoms with Gasteiger partial charge in [-0.3, -0.25) is 0 Å². The standard InChI is InChI=1S/C62H44N2/c1-5-23-51(24-6-1)63(52-25-7-2-8-26-52)55-39-35-45(36-40-55)47-19-17-21-49(43-47)61-57-31-13-15-33-59(57)62(60-34-16-14-32-58(60)61)50-22-18-20-48(44-50)46-37-41-56(42-38-46)64(53-27-9-3-10-28-53)54-29-11-4-12-30-54/h1-44H. The summed E-state index contributed by atoms with van der Waals surface area (Å²) in [6, 6.07) is 96.1. The number of anilines is 6. The summed E-state index contributed by atoms with van der Waals surface area (Å²) < 4.78 is 0. The minimum absolute atomic E-state index is 1.11. The minimum atomic E-state index is 1.11. The van der Waals surface area contributed by atoms with Crippen LogP contribution >= 0.6 is 0 Å². The zero-order valence-corrected chi connectivity index (χ0v) is 35.3. The highest BCUT2D eigenvalue weighted by Gasteiger charge is 2.19. The molecule has 0 aliphatic rings. The van der Waals surface area contributed by atoms with Crippen LogP contribution in [0.1, 0.15) is 0 Å². The number of benzene rings is 11. The van der Waals surface area contributed by atoms with Gasteiger partial charge >= 0.3 is 0 Å². The molecule has 302 valence electrons. The molecule has 0 saturated heterocycles. The molecule has 0 saturated carbocycles. The Hall–Kier alpha value is -8.46. The van der Waals surface area contributed by atoms with Crippen molar-refractivity contribution in [1.29, 1.82) is 0 Å². The second-order valence-electron chi connectivity index (χ2n) is 16.1. The van der Waals surface area contributed by atoms with Gasteiger partial charge in [-0.1, -0.05) is 182 Å². The highest BCUT2D eigenvalue weighted by atomic mass is 15.1. The average Bonchev–Trinajstić information content (AvgIpc) is 3.37. The number of hydrogen-bond donors (Lipinski definition) is 0. The van der Waals surface area contributed by atoms with E-state index in [0.717, 1.165) is 34.1 Å². The molecule has 11 aromatic carbocycles. The average molecular weight is 817 g/mol. The molecule has 0 heterocycles. The topological polar surface area (TPSA) is 6.48 Å². The summed E-state index contributed by atoms with van der Waals surface area (Å²) in [7, 11) is 0. The molecule has 0 bridgehead atoms. The van der Waals surface area contributed by atoms with E-state index in [1.54, 1.807) is 0 Å². The lowest BCUT2D eigenvalue weighted by Crippen LogP contribution is -2.09. The molecule has 0 fully saturated rings. The van der Waals surface area contributed by atoms with Crippen LogP contribution in [0, 0.1) is 0 Å². The molecule has 0 radical (unpaired) electrons. The van der Waals surface area contributed by atoms with Crippen LogP contribution < -0.4 is 9.80 Å². The molecule has 0 aliphatic carbocycles. The van der Waals surface area contributed by atoms with Crippen LogP contribution in [0.3, 0.4) is 0 Å². The molecule has 2 nitrogen and oxygen atoms in total. The maximum Gasteiger partial charge on any atom is 0.0462 e. The van der Waals surface area contributed by atoms with Crippen LogP contribution in [-0.4, -0.2) is 0 Å². The van der Waals surface area contributed by atoms with Crippen molar-refractivity contribution in [1.82, 2.24) is 0 Å². The molecule has 64 heavy (non-hydrogen) atoms. The first-order valence-corrected chi connectivity index (χ1v) is 21.9. The highest BCUT2D eigenvalue weighted by Crippen LogP contribution is 2.45. The Labute approximate surface area is 375 Å². The van der Waals surface area contributed by atoms with Crippen molar-refractivity contribution in [2.75, 3.05) is 9.80 Å². The van der Waals surface area contributed by atoms with Crippen molar-refractivity contribution in [2.45, 2.75) is 0 Å². The first-order chi connectivity index (χ1) is 31.8. The van der Waals surface area contributed by atoms with Crippen LogP contribution in [0.5, 0.6) is 0 Å². The van der Waals surface area contributed by atoms with Gasteiger partial charge in [0.25, 0.3) is 0 Å². The van der Waals surface area contributed by atoms with E-state index in [1.165, 1.54) is 66.1 Å². The molecule has 0 spiro atoms. The lowest BCUT2D eigenvalue weighted by Gasteiger charge is -2.25. The molecule has 2 heteroatoms. The number of rotatable bonds is 10. The molecule has 0 unspecified atom stereocenters. The van der Waals surface area contributed by atoms with Gasteiger partial charge in [0, 0.05) is 34.1 Å². The second kappa shape index (κ2) is 17.1. The van der Waals surface area contributed by atoms with Gasteiger partial charge in [-0.2, -0.15) is 0 Å². The second-order valence-corrected chi connectivity index (χ2v) is 16.1. The van der Waals surface area contributed by atoms with E-state index in [0.29, 0.717) is 0 Å². The first-order valence-electron chi connectivity index (χ1n) is 21.9. The van der Waals surface area contributed by atoms with Crippen LogP contribution in [0.15, 0.2) is 267 Å². The molecule has 0 atom stereocenters. The van der Waals surface area contributed by atoms with Gasteiger partial charge in [-0.15, -0.1) is 0 Å². The monoisotopic (exact) mass is 816 g/mol. The van der Waals surface area contributed by atoms with Crippen LogP contribution in [0.2, 0.25) is 0 Å². The zero-order valence-electron chi connectivity index (χ0n) is 35.3. The number of fused-ring (bicyclic) bond motifs is 2. The van der Waals surface area contributed by atoms with Crippen molar-refractivity contribution < 1.29 is 0 Å². The van der Waals surface area contributed by atoms with E-state index in [1.807, 2.05) is 0 Å². The quantitative estimate of drug-likeness (QED) is 0.127. The molecule has 0 aromatic heterocycles. The predicted molar refractivity (Wildman–Crippen MR) is 273 cm³/mol. The molecule has 0 amide bonds. The lowest BCUT2D eigenvalue weighted by atomic mass is 9.85. The van der Waals surface area contributed by atoms with E-state index >= 15 is 0 Å². The normalized spacial score (nSPS) is 11.1. The fourth-order valence-corrected chi connectivity index (χ4v) is 9.27. The van der Waals surface area contributed by atoms with E-state index in [-0.39, 0.29) is 0 Å². The maximum atomic E-state index is 2.36. The van der Waals surface area contributed by atoms with Crippen LogP contribution in [0.4, 0.5) is 34.1 Å². The third-order valence-corrected chi connectivity index (χ3v) is 12.2. The third-order valence-electron chi connectivity index (χ3n) is 12.2. The maximum absolute atomic E-state index is 2.36. The van der Waals surface area contributed by atoms with E-state index < -0.39 is 0 Å². The third kappa shape index (κ3) is 7.38. The number of nitrogens with zero attached hydrogens (tertiary/aromatic N) is 2. The molecule has 0 N–H and O–H groups in total. The fourth-order valence-electron chi connectivity index (χ4n) is 9.27. The fraction of sp³-hybridized carbons (Fsp3) is 0. The van der Waals surface area contributed by atoms with E-state index in [4.69, 9.17) is 0 Å². The van der Waals surface area contributed by atoms with Gasteiger partial charge in [0.2, 0.25) is 0 Å². The lowest BCUT2D eigenvalue weighted by molar-refractivity contribution is 1.28. The Bertz CT molecular complexity index is 2980. The summed E-state index contributed by atoms with van der Waals surface area (Å²) in [6.45, 7) is 0. The van der Waals surface area contributed by atoms with Gasteiger partial charge in [-0.25, -0.2) is 0 Å². The predicted octanol–water partition coefficient (Wildman–Crippen LogP) is 17.6. The van der Waals surface area contributed by atoms with Crippen LogP contribution in [0.25, 0.3) is 66.1 Å². The first kappa shape index (κ1) is 38.5. The van der Waals surface area contributed by atoms with Gasteiger partial charge in [-0.05, 0) is 151 Å². The summed E-state index contributed by atoms with van der Waals surface area (Å²) in [6.07, 6.45) is 0. The summed E-state index contributed by atoms with van der Waals surface area (Å²) in [4.78, 5) is 4.61. The van der Waals surface area contributed by atoms with Gasteiger partial charge in [0.05, 0.1) is 0 Å². The van der Waals surface area contributed by atoms with Gasteiger partial charge in [0.1, 0.15) is 0 Å². The minimum Gasteiger partial charge on any atom is -0.311 e. The van der Waals surface area contributed by atoms with Crippen molar-refractivity contribution in [3.63, 3.8) is 0 Å². The Morgan fingerprint density at radius 1 is 0.172 bits per heavy atom.